The molecule has 29 heavy (non-hydrogen) atoms. The molecule has 6 heteroatoms. The number of rotatable bonds is 6. The van der Waals surface area contributed by atoms with Gasteiger partial charge in [0.15, 0.2) is 0 Å². The standard InChI is InChI=1S/C23H23ClN2O3/c1-4-29-23(28)21-15(2)20(22(27)25-19-12-8-11-18(24)13-19)16(3)26(21)14-17-9-6-5-7-10-17/h5-13H,4,14H2,1-3H3,(H,25,27). The SMILES string of the molecule is CCOC(=O)c1c(C)c(C(=O)Nc2cccc(Cl)c2)c(C)n1Cc1ccccc1. The molecule has 0 bridgehead atoms. The summed E-state index contributed by atoms with van der Waals surface area (Å²) >= 11 is 6.02. The second-order valence-corrected chi connectivity index (χ2v) is 7.13. The van der Waals surface area contributed by atoms with E-state index in [1.807, 2.05) is 41.8 Å². The van der Waals surface area contributed by atoms with Crippen molar-refractivity contribution in [3.8, 4) is 0 Å². The summed E-state index contributed by atoms with van der Waals surface area (Å²) in [5.74, 6) is -0.731. The van der Waals surface area contributed by atoms with Gasteiger partial charge in [0.2, 0.25) is 0 Å². The van der Waals surface area contributed by atoms with Crippen LogP contribution in [0.2, 0.25) is 5.02 Å². The van der Waals surface area contributed by atoms with E-state index in [9.17, 15) is 9.59 Å². The average molecular weight is 411 g/mol. The van der Waals surface area contributed by atoms with Crippen molar-refractivity contribution in [1.82, 2.24) is 4.57 Å². The van der Waals surface area contributed by atoms with Gasteiger partial charge in [-0.1, -0.05) is 48.0 Å². The van der Waals surface area contributed by atoms with Crippen molar-refractivity contribution >= 4 is 29.2 Å². The van der Waals surface area contributed by atoms with Gasteiger partial charge in [-0.3, -0.25) is 4.79 Å². The minimum atomic E-state index is -0.439. The highest BCUT2D eigenvalue weighted by Gasteiger charge is 2.27. The van der Waals surface area contributed by atoms with Crippen LogP contribution in [-0.4, -0.2) is 23.1 Å². The van der Waals surface area contributed by atoms with Crippen LogP contribution in [0.15, 0.2) is 54.6 Å². The first kappa shape index (κ1) is 20.7. The Morgan fingerprint density at radius 1 is 1.07 bits per heavy atom. The number of hydrogen-bond acceptors (Lipinski definition) is 3. The Bertz CT molecular complexity index is 1040. The van der Waals surface area contributed by atoms with Gasteiger partial charge in [0.25, 0.3) is 5.91 Å². The fraction of sp³-hybridized carbons (Fsp3) is 0.217. The van der Waals surface area contributed by atoms with E-state index < -0.39 is 5.97 Å². The Labute approximate surface area is 175 Å². The van der Waals surface area contributed by atoms with E-state index in [4.69, 9.17) is 16.3 Å². The van der Waals surface area contributed by atoms with Crippen LogP contribution in [0, 0.1) is 13.8 Å². The number of nitrogens with zero attached hydrogens (tertiary/aromatic N) is 1. The summed E-state index contributed by atoms with van der Waals surface area (Å²) in [5.41, 5.74) is 3.77. The second-order valence-electron chi connectivity index (χ2n) is 6.69. The first-order valence-corrected chi connectivity index (χ1v) is 9.77. The van der Waals surface area contributed by atoms with Crippen LogP contribution in [0.5, 0.6) is 0 Å². The number of carbonyl (C=O) groups is 2. The van der Waals surface area contributed by atoms with E-state index in [0.29, 0.717) is 39.8 Å². The highest BCUT2D eigenvalue weighted by atomic mass is 35.5. The normalized spacial score (nSPS) is 10.6. The molecule has 0 saturated heterocycles. The summed E-state index contributed by atoms with van der Waals surface area (Å²) in [6.07, 6.45) is 0. The zero-order valence-electron chi connectivity index (χ0n) is 16.7. The van der Waals surface area contributed by atoms with Crippen molar-refractivity contribution in [2.75, 3.05) is 11.9 Å². The van der Waals surface area contributed by atoms with Crippen molar-refractivity contribution in [1.29, 1.82) is 0 Å². The number of carbonyl (C=O) groups excluding carboxylic acids is 2. The maximum Gasteiger partial charge on any atom is 0.355 e. The van der Waals surface area contributed by atoms with E-state index in [0.717, 1.165) is 5.56 Å². The third-order valence-electron chi connectivity index (χ3n) is 4.73. The predicted octanol–water partition coefficient (Wildman–Crippen LogP) is 5.24. The van der Waals surface area contributed by atoms with Crippen molar-refractivity contribution in [3.63, 3.8) is 0 Å². The molecule has 0 aliphatic rings. The van der Waals surface area contributed by atoms with E-state index in [1.54, 1.807) is 38.1 Å². The molecule has 0 aliphatic heterocycles. The van der Waals surface area contributed by atoms with Crippen LogP contribution in [-0.2, 0) is 11.3 Å². The lowest BCUT2D eigenvalue weighted by atomic mass is 10.1. The Hall–Kier alpha value is -3.05. The number of hydrogen-bond donors (Lipinski definition) is 1. The van der Waals surface area contributed by atoms with Gasteiger partial charge in [0, 0.05) is 22.9 Å². The van der Waals surface area contributed by atoms with Crippen LogP contribution < -0.4 is 5.32 Å². The number of nitrogens with one attached hydrogen (secondary N) is 1. The Kier molecular flexibility index (Phi) is 6.39. The molecule has 150 valence electrons. The van der Waals surface area contributed by atoms with Gasteiger partial charge in [0.1, 0.15) is 5.69 Å². The zero-order valence-corrected chi connectivity index (χ0v) is 17.4. The molecule has 0 atom stereocenters. The average Bonchev–Trinajstić information content (AvgIpc) is 2.92. The molecule has 5 nitrogen and oxygen atoms in total. The lowest BCUT2D eigenvalue weighted by molar-refractivity contribution is 0.0513. The monoisotopic (exact) mass is 410 g/mol. The van der Waals surface area contributed by atoms with Crippen LogP contribution in [0.25, 0.3) is 0 Å². The van der Waals surface area contributed by atoms with Gasteiger partial charge in [-0.15, -0.1) is 0 Å². The third-order valence-corrected chi connectivity index (χ3v) is 4.96. The van der Waals surface area contributed by atoms with Crippen LogP contribution in [0.1, 0.15) is 44.6 Å². The summed E-state index contributed by atoms with van der Waals surface area (Å²) in [5, 5.41) is 3.40. The third kappa shape index (κ3) is 4.51. The highest BCUT2D eigenvalue weighted by molar-refractivity contribution is 6.31. The van der Waals surface area contributed by atoms with Crippen LogP contribution in [0.3, 0.4) is 0 Å². The first-order valence-electron chi connectivity index (χ1n) is 9.40. The Morgan fingerprint density at radius 2 is 1.79 bits per heavy atom. The fourth-order valence-electron chi connectivity index (χ4n) is 3.42. The largest absolute Gasteiger partial charge is 0.461 e. The van der Waals surface area contributed by atoms with Gasteiger partial charge < -0.3 is 14.6 Å². The molecule has 1 N–H and O–H groups in total. The molecule has 3 aromatic rings. The lowest BCUT2D eigenvalue weighted by Gasteiger charge is -2.12. The fourth-order valence-corrected chi connectivity index (χ4v) is 3.61. The van der Waals surface area contributed by atoms with Gasteiger partial charge in [-0.25, -0.2) is 4.79 Å². The van der Waals surface area contributed by atoms with Gasteiger partial charge in [0.05, 0.1) is 12.2 Å². The summed E-state index contributed by atoms with van der Waals surface area (Å²) in [6, 6.07) is 16.7. The molecule has 0 saturated carbocycles. The van der Waals surface area contributed by atoms with Crippen LogP contribution in [0.4, 0.5) is 5.69 Å². The maximum atomic E-state index is 13.0. The number of halogens is 1. The molecule has 2 aromatic carbocycles. The summed E-state index contributed by atoms with van der Waals surface area (Å²) in [6.45, 7) is 6.10. The van der Waals surface area contributed by atoms with Gasteiger partial charge in [-0.05, 0) is 50.1 Å². The Balaban J connectivity index is 2.04. The minimum Gasteiger partial charge on any atom is -0.461 e. The second kappa shape index (κ2) is 8.97. The smallest absolute Gasteiger partial charge is 0.355 e. The summed E-state index contributed by atoms with van der Waals surface area (Å²) < 4.78 is 7.10. The molecule has 1 aromatic heterocycles. The van der Waals surface area contributed by atoms with Gasteiger partial charge >= 0.3 is 5.97 Å². The molecule has 3 rings (SSSR count). The number of ether oxygens (including phenoxy) is 1. The number of aromatic nitrogens is 1. The van der Waals surface area contributed by atoms with Crippen molar-refractivity contribution in [3.05, 3.63) is 87.7 Å². The van der Waals surface area contributed by atoms with E-state index in [-0.39, 0.29) is 12.5 Å². The molecular formula is C23H23ClN2O3. The molecule has 1 heterocycles. The molecule has 1 amide bonds. The molecule has 0 radical (unpaired) electrons. The number of anilines is 1. The van der Waals surface area contributed by atoms with Crippen molar-refractivity contribution < 1.29 is 14.3 Å². The van der Waals surface area contributed by atoms with E-state index in [1.165, 1.54) is 0 Å². The highest BCUT2D eigenvalue weighted by Crippen LogP contribution is 2.26. The molecule has 0 fully saturated rings. The lowest BCUT2D eigenvalue weighted by Crippen LogP contribution is -2.15. The predicted molar refractivity (Wildman–Crippen MR) is 115 cm³/mol. The summed E-state index contributed by atoms with van der Waals surface area (Å²) in [7, 11) is 0. The first-order chi connectivity index (χ1) is 13.9. The zero-order chi connectivity index (χ0) is 21.0. The van der Waals surface area contributed by atoms with Crippen molar-refractivity contribution in [2.45, 2.75) is 27.3 Å². The van der Waals surface area contributed by atoms with Gasteiger partial charge in [-0.2, -0.15) is 0 Å². The minimum absolute atomic E-state index is 0.262. The summed E-state index contributed by atoms with van der Waals surface area (Å²) in [4.78, 5) is 25.7. The Morgan fingerprint density at radius 3 is 2.45 bits per heavy atom. The van der Waals surface area contributed by atoms with Crippen LogP contribution >= 0.6 is 11.6 Å². The molecule has 0 unspecified atom stereocenters. The molecular weight excluding hydrogens is 388 g/mol. The number of benzene rings is 2. The molecule has 0 aliphatic carbocycles. The molecule has 0 spiro atoms. The topological polar surface area (TPSA) is 60.3 Å². The van der Waals surface area contributed by atoms with E-state index in [2.05, 4.69) is 5.32 Å². The van der Waals surface area contributed by atoms with Crippen molar-refractivity contribution in [2.24, 2.45) is 0 Å². The maximum absolute atomic E-state index is 13.0. The number of amides is 1. The number of esters is 1. The van der Waals surface area contributed by atoms with E-state index >= 15 is 0 Å². The quantitative estimate of drug-likeness (QED) is 0.565.